The van der Waals surface area contributed by atoms with Crippen LogP contribution in [0.1, 0.15) is 43.0 Å². The molecule has 0 bridgehead atoms. The number of aryl methyl sites for hydroxylation is 2. The van der Waals surface area contributed by atoms with Gasteiger partial charge in [-0.25, -0.2) is 0 Å². The van der Waals surface area contributed by atoms with E-state index in [0.717, 1.165) is 33.3 Å². The maximum absolute atomic E-state index is 12.5. The van der Waals surface area contributed by atoms with Crippen LogP contribution < -0.4 is 5.32 Å². The molecular weight excluding hydrogens is 310 g/mol. The van der Waals surface area contributed by atoms with E-state index < -0.39 is 0 Å². The summed E-state index contributed by atoms with van der Waals surface area (Å²) in [5.74, 6) is -0.0300. The number of fused-ring (bicyclic) bond motifs is 1. The number of anilines is 1. The van der Waals surface area contributed by atoms with E-state index in [-0.39, 0.29) is 11.3 Å². The van der Waals surface area contributed by atoms with E-state index in [1.807, 2.05) is 38.1 Å². The minimum Gasteiger partial charge on any atom is -0.464 e. The van der Waals surface area contributed by atoms with Crippen molar-refractivity contribution in [2.75, 3.05) is 5.32 Å². The molecule has 0 aliphatic rings. The predicted molar refractivity (Wildman–Crippen MR) is 103 cm³/mol. The van der Waals surface area contributed by atoms with Crippen molar-refractivity contribution in [3.05, 3.63) is 64.9 Å². The van der Waals surface area contributed by atoms with Gasteiger partial charge in [0.25, 0.3) is 0 Å². The molecule has 1 aromatic heterocycles. The Morgan fingerprint density at radius 3 is 2.56 bits per heavy atom. The van der Waals surface area contributed by atoms with Crippen LogP contribution in [-0.4, -0.2) is 5.91 Å². The summed E-state index contributed by atoms with van der Waals surface area (Å²) in [4.78, 5) is 12.5. The molecule has 1 heterocycles. The van der Waals surface area contributed by atoms with Gasteiger partial charge in [0.2, 0.25) is 5.91 Å². The first-order valence-corrected chi connectivity index (χ1v) is 8.62. The fourth-order valence-electron chi connectivity index (χ4n) is 2.92. The topological polar surface area (TPSA) is 42.2 Å². The summed E-state index contributed by atoms with van der Waals surface area (Å²) in [5.41, 5.74) is 6.09. The molecule has 3 rings (SSSR count). The highest BCUT2D eigenvalue weighted by Crippen LogP contribution is 2.29. The molecule has 0 spiro atoms. The highest BCUT2D eigenvalue weighted by Gasteiger charge is 2.17. The number of benzene rings is 2. The molecule has 1 amide bonds. The molecule has 0 fully saturated rings. The third-order valence-corrected chi connectivity index (χ3v) is 4.54. The van der Waals surface area contributed by atoms with Crippen LogP contribution in [0.25, 0.3) is 11.0 Å². The van der Waals surface area contributed by atoms with Crippen LogP contribution in [0.4, 0.5) is 5.69 Å². The molecule has 0 radical (unpaired) electrons. The fourth-order valence-corrected chi connectivity index (χ4v) is 2.92. The number of furan rings is 1. The second kappa shape index (κ2) is 6.40. The van der Waals surface area contributed by atoms with Gasteiger partial charge in [-0.3, -0.25) is 4.79 Å². The van der Waals surface area contributed by atoms with Gasteiger partial charge in [0, 0.05) is 16.6 Å². The standard InChI is InChI=1S/C22H25NO2/c1-14-6-7-15(2)19(10-14)23-21(24)11-16-13-25-20-9-8-17(12-18(16)20)22(3,4)5/h6-10,12-13H,11H2,1-5H3,(H,23,24). The number of hydrogen-bond donors (Lipinski definition) is 1. The van der Waals surface area contributed by atoms with E-state index in [1.54, 1.807) is 6.26 Å². The Kier molecular flexibility index (Phi) is 4.42. The molecule has 0 atom stereocenters. The quantitative estimate of drug-likeness (QED) is 0.684. The van der Waals surface area contributed by atoms with Crippen molar-refractivity contribution < 1.29 is 9.21 Å². The zero-order valence-corrected chi connectivity index (χ0v) is 15.6. The Hall–Kier alpha value is -2.55. The van der Waals surface area contributed by atoms with Crippen LogP contribution in [0.5, 0.6) is 0 Å². The Balaban J connectivity index is 1.85. The SMILES string of the molecule is Cc1ccc(C)c(NC(=O)Cc2coc3ccc(C(C)(C)C)cc23)c1. The number of rotatable bonds is 3. The highest BCUT2D eigenvalue weighted by molar-refractivity contribution is 5.96. The minimum atomic E-state index is -0.0300. The zero-order valence-electron chi connectivity index (χ0n) is 15.6. The average Bonchev–Trinajstić information content (AvgIpc) is 2.92. The lowest BCUT2D eigenvalue weighted by atomic mass is 9.86. The average molecular weight is 335 g/mol. The molecule has 3 heteroatoms. The molecule has 3 aromatic rings. The van der Waals surface area contributed by atoms with Crippen LogP contribution in [0.2, 0.25) is 0 Å². The van der Waals surface area contributed by atoms with Gasteiger partial charge in [0.05, 0.1) is 12.7 Å². The van der Waals surface area contributed by atoms with E-state index in [1.165, 1.54) is 5.56 Å². The summed E-state index contributed by atoms with van der Waals surface area (Å²) in [6.45, 7) is 10.6. The second-order valence-corrected chi connectivity index (χ2v) is 7.77. The Labute approximate surface area is 149 Å². The summed E-state index contributed by atoms with van der Waals surface area (Å²) in [6, 6.07) is 12.3. The highest BCUT2D eigenvalue weighted by atomic mass is 16.3. The molecule has 130 valence electrons. The van der Waals surface area contributed by atoms with Gasteiger partial charge in [-0.2, -0.15) is 0 Å². The third-order valence-electron chi connectivity index (χ3n) is 4.54. The fraction of sp³-hybridized carbons (Fsp3) is 0.318. The second-order valence-electron chi connectivity index (χ2n) is 7.77. The van der Waals surface area contributed by atoms with Crippen molar-refractivity contribution in [1.82, 2.24) is 0 Å². The van der Waals surface area contributed by atoms with E-state index in [4.69, 9.17) is 4.42 Å². The van der Waals surface area contributed by atoms with Gasteiger partial charge >= 0.3 is 0 Å². The first-order chi connectivity index (χ1) is 11.7. The molecule has 3 nitrogen and oxygen atoms in total. The van der Waals surface area contributed by atoms with E-state index in [9.17, 15) is 4.79 Å². The van der Waals surface area contributed by atoms with Crippen LogP contribution in [0, 0.1) is 13.8 Å². The smallest absolute Gasteiger partial charge is 0.228 e. The molecule has 0 saturated heterocycles. The lowest BCUT2D eigenvalue weighted by Gasteiger charge is -2.18. The number of hydrogen-bond acceptors (Lipinski definition) is 2. The van der Waals surface area contributed by atoms with Crippen molar-refractivity contribution in [3.8, 4) is 0 Å². The van der Waals surface area contributed by atoms with Crippen LogP contribution in [0.3, 0.4) is 0 Å². The number of amides is 1. The molecule has 0 aliphatic carbocycles. The summed E-state index contributed by atoms with van der Waals surface area (Å²) >= 11 is 0. The van der Waals surface area contributed by atoms with Crippen molar-refractivity contribution >= 4 is 22.6 Å². The predicted octanol–water partition coefficient (Wildman–Crippen LogP) is 5.53. The first-order valence-electron chi connectivity index (χ1n) is 8.62. The van der Waals surface area contributed by atoms with Gasteiger partial charge in [-0.15, -0.1) is 0 Å². The zero-order chi connectivity index (χ0) is 18.2. The Bertz CT molecular complexity index is 929. The maximum Gasteiger partial charge on any atom is 0.228 e. The Morgan fingerprint density at radius 1 is 1.08 bits per heavy atom. The lowest BCUT2D eigenvalue weighted by Crippen LogP contribution is -2.15. The molecule has 0 aliphatic heterocycles. The van der Waals surface area contributed by atoms with E-state index in [2.05, 4.69) is 38.2 Å². The molecular formula is C22H25NO2. The van der Waals surface area contributed by atoms with Crippen LogP contribution in [-0.2, 0) is 16.6 Å². The van der Waals surface area contributed by atoms with Crippen molar-refractivity contribution in [3.63, 3.8) is 0 Å². The number of nitrogens with one attached hydrogen (secondary N) is 1. The number of carbonyl (C=O) groups is 1. The van der Waals surface area contributed by atoms with Crippen molar-refractivity contribution in [2.24, 2.45) is 0 Å². The van der Waals surface area contributed by atoms with Crippen molar-refractivity contribution in [1.29, 1.82) is 0 Å². The van der Waals surface area contributed by atoms with Crippen molar-refractivity contribution in [2.45, 2.75) is 46.5 Å². The molecule has 0 unspecified atom stereocenters. The molecule has 1 N–H and O–H groups in total. The van der Waals surface area contributed by atoms with Gasteiger partial charge in [-0.1, -0.05) is 39.0 Å². The van der Waals surface area contributed by atoms with Gasteiger partial charge in [-0.05, 0) is 54.2 Å². The molecule has 2 aromatic carbocycles. The van der Waals surface area contributed by atoms with Crippen LogP contribution >= 0.6 is 0 Å². The first kappa shape index (κ1) is 17.3. The van der Waals surface area contributed by atoms with Gasteiger partial charge < -0.3 is 9.73 Å². The van der Waals surface area contributed by atoms with Crippen LogP contribution in [0.15, 0.2) is 47.1 Å². The maximum atomic E-state index is 12.5. The van der Waals surface area contributed by atoms with E-state index >= 15 is 0 Å². The summed E-state index contributed by atoms with van der Waals surface area (Å²) < 4.78 is 5.63. The molecule has 0 saturated carbocycles. The molecule has 25 heavy (non-hydrogen) atoms. The lowest BCUT2D eigenvalue weighted by molar-refractivity contribution is -0.115. The summed E-state index contributed by atoms with van der Waals surface area (Å²) in [7, 11) is 0. The van der Waals surface area contributed by atoms with Gasteiger partial charge in [0.15, 0.2) is 0 Å². The minimum absolute atomic E-state index is 0.0300. The van der Waals surface area contributed by atoms with E-state index in [0.29, 0.717) is 6.42 Å². The number of carbonyl (C=O) groups excluding carboxylic acids is 1. The third kappa shape index (κ3) is 3.76. The monoisotopic (exact) mass is 335 g/mol. The summed E-state index contributed by atoms with van der Waals surface area (Å²) in [5, 5.41) is 4.04. The summed E-state index contributed by atoms with van der Waals surface area (Å²) in [6.07, 6.45) is 1.99. The van der Waals surface area contributed by atoms with Gasteiger partial charge in [0.1, 0.15) is 5.58 Å². The normalized spacial score (nSPS) is 11.7. The Morgan fingerprint density at radius 2 is 1.84 bits per heavy atom. The largest absolute Gasteiger partial charge is 0.464 e.